The maximum Gasteiger partial charge on any atom is 0.320 e. The lowest BCUT2D eigenvalue weighted by atomic mass is 9.92. The third kappa shape index (κ3) is 3.10. The van der Waals surface area contributed by atoms with Crippen LogP contribution in [-0.4, -0.2) is 19.0 Å². The molecule has 0 aliphatic rings. The Morgan fingerprint density at radius 2 is 1.94 bits per heavy atom. The number of carbonyl (C=O) groups is 2. The molecule has 1 aromatic rings. The highest BCUT2D eigenvalue weighted by Gasteiger charge is 2.37. The number of benzene rings is 1. The number of amides is 1. The quantitative estimate of drug-likeness (QED) is 0.689. The van der Waals surface area contributed by atoms with Gasteiger partial charge in [-0.3, -0.25) is 9.59 Å². The Morgan fingerprint density at radius 1 is 1.33 bits per heavy atom. The summed E-state index contributed by atoms with van der Waals surface area (Å²) in [5.41, 5.74) is 0.441. The SMILES string of the molecule is COC(=O)C(C)(C)C(=O)Nc1ccc(Br)c(C)c1. The van der Waals surface area contributed by atoms with E-state index in [9.17, 15) is 9.59 Å². The summed E-state index contributed by atoms with van der Waals surface area (Å²) in [4.78, 5) is 23.5. The van der Waals surface area contributed by atoms with Crippen LogP contribution < -0.4 is 5.32 Å². The van der Waals surface area contributed by atoms with Crippen LogP contribution in [0.25, 0.3) is 0 Å². The molecule has 0 fully saturated rings. The molecule has 1 N–H and O–H groups in total. The molecule has 5 heteroatoms. The van der Waals surface area contributed by atoms with Crippen LogP contribution in [0, 0.1) is 12.3 Å². The molecular weight excluding hydrogens is 298 g/mol. The summed E-state index contributed by atoms with van der Waals surface area (Å²) in [5, 5.41) is 2.70. The highest BCUT2D eigenvalue weighted by atomic mass is 79.9. The fourth-order valence-electron chi connectivity index (χ4n) is 1.36. The molecule has 0 aliphatic heterocycles. The lowest BCUT2D eigenvalue weighted by molar-refractivity contribution is -0.154. The van der Waals surface area contributed by atoms with E-state index in [0.717, 1.165) is 10.0 Å². The molecule has 0 unspecified atom stereocenters. The number of nitrogens with one attached hydrogen (secondary N) is 1. The molecule has 0 spiro atoms. The molecule has 0 bridgehead atoms. The van der Waals surface area contributed by atoms with Crippen molar-refractivity contribution in [3.63, 3.8) is 0 Å². The van der Waals surface area contributed by atoms with Crippen molar-refractivity contribution in [2.24, 2.45) is 5.41 Å². The first-order valence-corrected chi connectivity index (χ1v) is 6.24. The Hall–Kier alpha value is -1.36. The van der Waals surface area contributed by atoms with Gasteiger partial charge in [0.1, 0.15) is 5.41 Å². The van der Waals surface area contributed by atoms with Gasteiger partial charge in [-0.1, -0.05) is 15.9 Å². The highest BCUT2D eigenvalue weighted by Crippen LogP contribution is 2.23. The van der Waals surface area contributed by atoms with E-state index < -0.39 is 17.3 Å². The summed E-state index contributed by atoms with van der Waals surface area (Å²) in [6, 6.07) is 5.44. The Balaban J connectivity index is 2.87. The van der Waals surface area contributed by atoms with Crippen LogP contribution in [0.15, 0.2) is 22.7 Å². The summed E-state index contributed by atoms with van der Waals surface area (Å²) in [6.07, 6.45) is 0. The zero-order chi connectivity index (χ0) is 13.9. The number of hydrogen-bond acceptors (Lipinski definition) is 3. The minimum Gasteiger partial charge on any atom is -0.468 e. The van der Waals surface area contributed by atoms with E-state index >= 15 is 0 Å². The first-order chi connectivity index (χ1) is 8.28. The molecule has 98 valence electrons. The number of esters is 1. The van der Waals surface area contributed by atoms with E-state index in [-0.39, 0.29) is 0 Å². The second-order valence-corrected chi connectivity index (χ2v) is 5.39. The third-order valence-electron chi connectivity index (χ3n) is 2.68. The van der Waals surface area contributed by atoms with Gasteiger partial charge in [-0.25, -0.2) is 0 Å². The average Bonchev–Trinajstić information content (AvgIpc) is 2.32. The van der Waals surface area contributed by atoms with Gasteiger partial charge < -0.3 is 10.1 Å². The Kier molecular flexibility index (Phi) is 4.51. The van der Waals surface area contributed by atoms with Crippen LogP contribution in [0.2, 0.25) is 0 Å². The molecule has 0 atom stereocenters. The van der Waals surface area contributed by atoms with Crippen molar-refractivity contribution < 1.29 is 14.3 Å². The van der Waals surface area contributed by atoms with Crippen LogP contribution in [-0.2, 0) is 14.3 Å². The van der Waals surface area contributed by atoms with Crippen LogP contribution >= 0.6 is 15.9 Å². The van der Waals surface area contributed by atoms with E-state index in [4.69, 9.17) is 0 Å². The van der Waals surface area contributed by atoms with E-state index in [2.05, 4.69) is 26.0 Å². The Labute approximate surface area is 115 Å². The van der Waals surface area contributed by atoms with Gasteiger partial charge in [0.15, 0.2) is 0 Å². The molecule has 0 aliphatic carbocycles. The number of hydrogen-bond donors (Lipinski definition) is 1. The average molecular weight is 314 g/mol. The Morgan fingerprint density at radius 3 is 2.44 bits per heavy atom. The van der Waals surface area contributed by atoms with Gasteiger partial charge in [0.05, 0.1) is 7.11 Å². The topological polar surface area (TPSA) is 55.4 Å². The van der Waals surface area contributed by atoms with Gasteiger partial charge in [0, 0.05) is 10.2 Å². The van der Waals surface area contributed by atoms with Crippen LogP contribution in [0.3, 0.4) is 0 Å². The largest absolute Gasteiger partial charge is 0.468 e. The summed E-state index contributed by atoms with van der Waals surface area (Å²) >= 11 is 3.38. The molecule has 0 saturated heterocycles. The number of anilines is 1. The summed E-state index contributed by atoms with van der Waals surface area (Å²) in [7, 11) is 1.27. The molecule has 0 aromatic heterocycles. The number of rotatable bonds is 3. The van der Waals surface area contributed by atoms with Crippen LogP contribution in [0.1, 0.15) is 19.4 Å². The lowest BCUT2D eigenvalue weighted by Crippen LogP contribution is -2.38. The van der Waals surface area contributed by atoms with Gasteiger partial charge in [0.25, 0.3) is 0 Å². The van der Waals surface area contributed by atoms with Crippen molar-refractivity contribution in [3.05, 3.63) is 28.2 Å². The predicted octanol–water partition coefficient (Wildman–Crippen LogP) is 2.90. The van der Waals surface area contributed by atoms with Crippen molar-refractivity contribution in [3.8, 4) is 0 Å². The molecule has 4 nitrogen and oxygen atoms in total. The number of ether oxygens (including phenoxy) is 1. The van der Waals surface area contributed by atoms with Gasteiger partial charge >= 0.3 is 5.97 Å². The van der Waals surface area contributed by atoms with Gasteiger partial charge in [0.2, 0.25) is 5.91 Å². The van der Waals surface area contributed by atoms with Crippen molar-refractivity contribution in [1.82, 2.24) is 0 Å². The van der Waals surface area contributed by atoms with Gasteiger partial charge in [-0.15, -0.1) is 0 Å². The smallest absolute Gasteiger partial charge is 0.320 e. The number of carbonyl (C=O) groups excluding carboxylic acids is 2. The molecule has 1 aromatic carbocycles. The van der Waals surface area contributed by atoms with Crippen molar-refractivity contribution >= 4 is 33.5 Å². The molecule has 0 heterocycles. The van der Waals surface area contributed by atoms with E-state index in [0.29, 0.717) is 5.69 Å². The van der Waals surface area contributed by atoms with E-state index in [1.54, 1.807) is 6.07 Å². The highest BCUT2D eigenvalue weighted by molar-refractivity contribution is 9.10. The molecule has 1 amide bonds. The third-order valence-corrected chi connectivity index (χ3v) is 3.57. The number of halogens is 1. The van der Waals surface area contributed by atoms with E-state index in [1.165, 1.54) is 21.0 Å². The predicted molar refractivity (Wildman–Crippen MR) is 73.3 cm³/mol. The van der Waals surface area contributed by atoms with Gasteiger partial charge in [-0.2, -0.15) is 0 Å². The minimum atomic E-state index is -1.21. The second-order valence-electron chi connectivity index (χ2n) is 4.53. The molecule has 1 rings (SSSR count). The lowest BCUT2D eigenvalue weighted by Gasteiger charge is -2.20. The number of aryl methyl sites for hydroxylation is 1. The Bertz CT molecular complexity index is 483. The van der Waals surface area contributed by atoms with Crippen LogP contribution in [0.4, 0.5) is 5.69 Å². The van der Waals surface area contributed by atoms with Gasteiger partial charge in [-0.05, 0) is 44.5 Å². The second kappa shape index (κ2) is 5.52. The van der Waals surface area contributed by atoms with Crippen molar-refractivity contribution in [1.29, 1.82) is 0 Å². The molecule has 0 radical (unpaired) electrons. The van der Waals surface area contributed by atoms with Crippen molar-refractivity contribution in [2.45, 2.75) is 20.8 Å². The standard InChI is InChI=1S/C13H16BrNO3/c1-8-7-9(5-6-10(8)14)15-11(16)13(2,3)12(17)18-4/h5-7H,1-4H3,(H,15,16). The summed E-state index contributed by atoms with van der Waals surface area (Å²) < 4.78 is 5.57. The maximum atomic E-state index is 12.0. The minimum absolute atomic E-state index is 0.393. The summed E-state index contributed by atoms with van der Waals surface area (Å²) in [5.74, 6) is -0.954. The van der Waals surface area contributed by atoms with Crippen LogP contribution in [0.5, 0.6) is 0 Å². The van der Waals surface area contributed by atoms with E-state index in [1.807, 2.05) is 19.1 Å². The molecular formula is C13H16BrNO3. The fourth-order valence-corrected chi connectivity index (χ4v) is 1.60. The van der Waals surface area contributed by atoms with Crippen molar-refractivity contribution in [2.75, 3.05) is 12.4 Å². The first kappa shape index (κ1) is 14.7. The first-order valence-electron chi connectivity index (χ1n) is 5.45. The molecule has 0 saturated carbocycles. The fraction of sp³-hybridized carbons (Fsp3) is 0.385. The summed E-state index contributed by atoms with van der Waals surface area (Å²) in [6.45, 7) is 4.98. The maximum absolute atomic E-state index is 12.0. The zero-order valence-corrected chi connectivity index (χ0v) is 12.4. The number of methoxy groups -OCH3 is 1. The normalized spacial score (nSPS) is 10.9. The zero-order valence-electron chi connectivity index (χ0n) is 10.8. The molecule has 18 heavy (non-hydrogen) atoms. The monoisotopic (exact) mass is 313 g/mol.